The van der Waals surface area contributed by atoms with E-state index in [-0.39, 0.29) is 0 Å². The minimum atomic E-state index is 0.323. The van der Waals surface area contributed by atoms with Crippen LogP contribution in [-0.4, -0.2) is 23.3 Å². The maximum Gasteiger partial charge on any atom is 0.145 e. The van der Waals surface area contributed by atoms with Crippen LogP contribution in [0.25, 0.3) is 10.9 Å². The van der Waals surface area contributed by atoms with E-state index >= 15 is 0 Å². The first-order valence-electron chi connectivity index (χ1n) is 10.1. The van der Waals surface area contributed by atoms with E-state index in [0.717, 1.165) is 65.6 Å². The number of hydrogen-bond acceptors (Lipinski definition) is 3. The lowest BCUT2D eigenvalue weighted by Crippen LogP contribution is -2.01. The lowest BCUT2D eigenvalue weighted by atomic mass is 10.1. The first kappa shape index (κ1) is 19.4. The van der Waals surface area contributed by atoms with Crippen molar-refractivity contribution in [2.45, 2.75) is 64.2 Å². The van der Waals surface area contributed by atoms with Crippen molar-refractivity contribution in [3.63, 3.8) is 0 Å². The Kier molecular flexibility index (Phi) is 7.57. The highest BCUT2D eigenvalue weighted by Crippen LogP contribution is 2.33. The number of unbranched alkanes of at least 4 members (excludes halogenated alkanes) is 6. The van der Waals surface area contributed by atoms with E-state index in [4.69, 9.17) is 26.4 Å². The van der Waals surface area contributed by atoms with Crippen LogP contribution >= 0.6 is 11.6 Å². The molecule has 1 heterocycles. The minimum Gasteiger partial charge on any atom is -0.491 e. The summed E-state index contributed by atoms with van der Waals surface area (Å²) in [4.78, 5) is 4.86. The summed E-state index contributed by atoms with van der Waals surface area (Å²) >= 11 is 6.34. The molecule has 3 nitrogen and oxygen atoms in total. The van der Waals surface area contributed by atoms with Gasteiger partial charge in [0.2, 0.25) is 0 Å². The SMILES string of the molecule is OCCCCCCCCCc1ccc2c(Cl)ccc(OCC3CC3)c2n1. The summed E-state index contributed by atoms with van der Waals surface area (Å²) in [7, 11) is 0. The summed E-state index contributed by atoms with van der Waals surface area (Å²) < 4.78 is 6.00. The van der Waals surface area contributed by atoms with Crippen LogP contribution in [0.3, 0.4) is 0 Å². The van der Waals surface area contributed by atoms with Gasteiger partial charge in [-0.1, -0.05) is 43.7 Å². The van der Waals surface area contributed by atoms with Gasteiger partial charge < -0.3 is 9.84 Å². The van der Waals surface area contributed by atoms with Crippen molar-refractivity contribution in [2.75, 3.05) is 13.2 Å². The molecule has 1 saturated carbocycles. The maximum absolute atomic E-state index is 8.78. The zero-order valence-corrected chi connectivity index (χ0v) is 16.3. The molecule has 0 saturated heterocycles. The van der Waals surface area contributed by atoms with E-state index in [9.17, 15) is 0 Å². The molecule has 2 aromatic rings. The Bertz CT molecular complexity index is 700. The maximum atomic E-state index is 8.78. The number of nitrogens with zero attached hydrogens (tertiary/aromatic N) is 1. The molecule has 1 N–H and O–H groups in total. The van der Waals surface area contributed by atoms with Gasteiger partial charge in [0.25, 0.3) is 0 Å². The summed E-state index contributed by atoms with van der Waals surface area (Å²) in [5.74, 6) is 1.59. The van der Waals surface area contributed by atoms with Crippen LogP contribution in [0.15, 0.2) is 24.3 Å². The van der Waals surface area contributed by atoms with Crippen molar-refractivity contribution in [1.29, 1.82) is 0 Å². The fourth-order valence-corrected chi connectivity index (χ4v) is 3.46. The molecule has 26 heavy (non-hydrogen) atoms. The Morgan fingerprint density at radius 3 is 2.42 bits per heavy atom. The number of pyridine rings is 1. The molecule has 142 valence electrons. The summed E-state index contributed by atoms with van der Waals surface area (Å²) in [5.41, 5.74) is 2.02. The molecule has 3 rings (SSSR count). The molecule has 1 fully saturated rings. The Labute approximate surface area is 161 Å². The predicted molar refractivity (Wildman–Crippen MR) is 108 cm³/mol. The monoisotopic (exact) mass is 375 g/mol. The molecule has 1 aromatic carbocycles. The van der Waals surface area contributed by atoms with Crippen molar-refractivity contribution >= 4 is 22.5 Å². The summed E-state index contributed by atoms with van der Waals surface area (Å²) in [6, 6.07) is 8.04. The summed E-state index contributed by atoms with van der Waals surface area (Å²) in [6.07, 6.45) is 11.8. The van der Waals surface area contributed by atoms with Crippen molar-refractivity contribution in [2.24, 2.45) is 5.92 Å². The number of ether oxygens (including phenoxy) is 1. The van der Waals surface area contributed by atoms with Gasteiger partial charge in [-0.2, -0.15) is 0 Å². The molecule has 0 amide bonds. The highest BCUT2D eigenvalue weighted by Gasteiger charge is 2.22. The molecule has 1 aromatic heterocycles. The first-order valence-corrected chi connectivity index (χ1v) is 10.5. The molecule has 0 aliphatic heterocycles. The molecule has 0 atom stereocenters. The molecule has 0 radical (unpaired) electrons. The molecule has 0 bridgehead atoms. The Balaban J connectivity index is 1.52. The predicted octanol–water partition coefficient (Wildman–Crippen LogP) is 5.94. The van der Waals surface area contributed by atoms with Gasteiger partial charge in [-0.3, -0.25) is 0 Å². The van der Waals surface area contributed by atoms with E-state index in [2.05, 4.69) is 12.1 Å². The third-order valence-corrected chi connectivity index (χ3v) is 5.42. The number of benzene rings is 1. The summed E-state index contributed by atoms with van der Waals surface area (Å²) in [5, 5.41) is 10.5. The van der Waals surface area contributed by atoms with Crippen LogP contribution in [0.5, 0.6) is 5.75 Å². The number of aliphatic hydroxyl groups is 1. The number of hydrogen-bond donors (Lipinski definition) is 1. The lowest BCUT2D eigenvalue weighted by Gasteiger charge is -2.11. The van der Waals surface area contributed by atoms with E-state index in [1.54, 1.807) is 0 Å². The average Bonchev–Trinajstić information content (AvgIpc) is 3.48. The molecular weight excluding hydrogens is 346 g/mol. The average molecular weight is 376 g/mol. The van der Waals surface area contributed by atoms with Crippen molar-refractivity contribution in [3.8, 4) is 5.75 Å². The van der Waals surface area contributed by atoms with Crippen LogP contribution in [0.1, 0.15) is 63.5 Å². The molecule has 1 aliphatic rings. The largest absolute Gasteiger partial charge is 0.491 e. The van der Waals surface area contributed by atoms with Crippen molar-refractivity contribution in [1.82, 2.24) is 4.98 Å². The smallest absolute Gasteiger partial charge is 0.145 e. The Morgan fingerprint density at radius 2 is 1.69 bits per heavy atom. The highest BCUT2D eigenvalue weighted by molar-refractivity contribution is 6.35. The van der Waals surface area contributed by atoms with E-state index in [1.165, 1.54) is 38.5 Å². The van der Waals surface area contributed by atoms with Crippen molar-refractivity contribution < 1.29 is 9.84 Å². The fourth-order valence-electron chi connectivity index (χ4n) is 3.25. The molecule has 0 unspecified atom stereocenters. The Hall–Kier alpha value is -1.32. The van der Waals surface area contributed by atoms with Crippen molar-refractivity contribution in [3.05, 3.63) is 35.0 Å². The Morgan fingerprint density at radius 1 is 0.962 bits per heavy atom. The summed E-state index contributed by atoms with van der Waals surface area (Å²) in [6.45, 7) is 1.11. The third kappa shape index (κ3) is 5.85. The standard InChI is InChI=1S/C22H30ClNO2/c23-20-13-14-21(26-16-17-9-10-17)22-19(20)12-11-18(24-22)8-6-4-2-1-3-5-7-15-25/h11-14,17,25H,1-10,15-16H2. The van der Waals surface area contributed by atoms with Crippen LogP contribution in [0, 0.1) is 5.92 Å². The zero-order valence-electron chi connectivity index (χ0n) is 15.6. The number of fused-ring (bicyclic) bond motifs is 1. The number of aliphatic hydroxyl groups excluding tert-OH is 1. The highest BCUT2D eigenvalue weighted by atomic mass is 35.5. The van der Waals surface area contributed by atoms with Crippen LogP contribution in [-0.2, 0) is 6.42 Å². The molecule has 0 spiro atoms. The molecule has 4 heteroatoms. The van der Waals surface area contributed by atoms with Crippen LogP contribution in [0.2, 0.25) is 5.02 Å². The van der Waals surface area contributed by atoms with E-state index in [0.29, 0.717) is 6.61 Å². The second-order valence-corrected chi connectivity index (χ2v) is 7.85. The number of halogens is 1. The first-order chi connectivity index (χ1) is 12.8. The van der Waals surface area contributed by atoms with Gasteiger partial charge in [-0.15, -0.1) is 0 Å². The minimum absolute atomic E-state index is 0.323. The molecule has 1 aliphatic carbocycles. The zero-order chi connectivity index (χ0) is 18.2. The van der Waals surface area contributed by atoms with Gasteiger partial charge in [0.05, 0.1) is 11.6 Å². The lowest BCUT2D eigenvalue weighted by molar-refractivity contribution is 0.282. The van der Waals surface area contributed by atoms with E-state index in [1.807, 2.05) is 12.1 Å². The van der Waals surface area contributed by atoms with E-state index < -0.39 is 0 Å². The van der Waals surface area contributed by atoms with Crippen LogP contribution in [0.4, 0.5) is 0 Å². The number of aromatic nitrogens is 1. The fraction of sp³-hybridized carbons (Fsp3) is 0.591. The second kappa shape index (κ2) is 10.1. The van der Waals surface area contributed by atoms with Gasteiger partial charge in [0.1, 0.15) is 11.3 Å². The number of rotatable bonds is 12. The van der Waals surface area contributed by atoms with Gasteiger partial charge >= 0.3 is 0 Å². The van der Waals surface area contributed by atoms with Gasteiger partial charge in [0, 0.05) is 17.7 Å². The van der Waals surface area contributed by atoms with Gasteiger partial charge in [0.15, 0.2) is 0 Å². The van der Waals surface area contributed by atoms with Gasteiger partial charge in [-0.25, -0.2) is 4.98 Å². The normalized spacial score (nSPS) is 14.1. The van der Waals surface area contributed by atoms with Gasteiger partial charge in [-0.05, 0) is 62.3 Å². The third-order valence-electron chi connectivity index (χ3n) is 5.09. The quantitative estimate of drug-likeness (QED) is 0.466. The van der Waals surface area contributed by atoms with Crippen LogP contribution < -0.4 is 4.74 Å². The second-order valence-electron chi connectivity index (χ2n) is 7.45. The number of aryl methyl sites for hydroxylation is 1. The molecular formula is C22H30ClNO2. The topological polar surface area (TPSA) is 42.4 Å².